The molecule has 0 bridgehead atoms. The molecule has 0 radical (unpaired) electrons. The zero-order valence-corrected chi connectivity index (χ0v) is 16.3. The normalized spacial score (nSPS) is 15.0. The van der Waals surface area contributed by atoms with Crippen molar-refractivity contribution in [3.05, 3.63) is 76.1 Å². The fourth-order valence-corrected chi connectivity index (χ4v) is 3.02. The molecule has 0 saturated heterocycles. The van der Waals surface area contributed by atoms with Gasteiger partial charge in [0.1, 0.15) is 29.6 Å². The summed E-state index contributed by atoms with van der Waals surface area (Å²) in [7, 11) is 0. The summed E-state index contributed by atoms with van der Waals surface area (Å²) in [5, 5.41) is 0.514. The number of hydrogen-bond acceptors (Lipinski definition) is 6. The van der Waals surface area contributed by atoms with Crippen LogP contribution >= 0.6 is 0 Å². The largest absolute Gasteiger partial charge is 0.489 e. The van der Waals surface area contributed by atoms with E-state index in [1.54, 1.807) is 31.2 Å². The second kappa shape index (κ2) is 9.19. The number of ketones is 1. The number of Topliss-reactive ketones (excluding diaryl/α,β-unsaturated/α-hetero) is 1. The number of benzene rings is 2. The van der Waals surface area contributed by atoms with Gasteiger partial charge in [-0.25, -0.2) is 0 Å². The van der Waals surface area contributed by atoms with Gasteiger partial charge in [-0.2, -0.15) is 0 Å². The van der Waals surface area contributed by atoms with Crippen molar-refractivity contribution < 1.29 is 23.5 Å². The maximum Gasteiger partial charge on any atom is 0.313 e. The number of hydrogen-bond donors (Lipinski definition) is 0. The van der Waals surface area contributed by atoms with Gasteiger partial charge in [-0.3, -0.25) is 14.4 Å². The monoisotopic (exact) mass is 394 g/mol. The van der Waals surface area contributed by atoms with Crippen LogP contribution in [0.15, 0.2) is 63.8 Å². The van der Waals surface area contributed by atoms with Gasteiger partial charge in [-0.15, -0.1) is 0 Å². The van der Waals surface area contributed by atoms with Crippen LogP contribution in [0.3, 0.4) is 0 Å². The minimum Gasteiger partial charge on any atom is -0.489 e. The fourth-order valence-electron chi connectivity index (χ4n) is 3.02. The molecule has 1 aromatic heterocycles. The third-order valence-corrected chi connectivity index (χ3v) is 4.30. The molecular formula is C23H22O6. The maximum atomic E-state index is 11.7. The van der Waals surface area contributed by atoms with Crippen LogP contribution in [0.4, 0.5) is 0 Å². The van der Waals surface area contributed by atoms with E-state index in [-0.39, 0.29) is 23.7 Å². The van der Waals surface area contributed by atoms with E-state index < -0.39 is 5.97 Å². The van der Waals surface area contributed by atoms with Crippen molar-refractivity contribution in [2.75, 3.05) is 6.61 Å². The maximum absolute atomic E-state index is 11.7. The first-order valence-electron chi connectivity index (χ1n) is 9.44. The molecule has 2 aromatic carbocycles. The molecule has 6 nitrogen and oxygen atoms in total. The number of carbonyl (C=O) groups is 2. The second-order valence-electron chi connectivity index (χ2n) is 6.61. The van der Waals surface area contributed by atoms with Crippen molar-refractivity contribution in [3.8, 4) is 5.75 Å². The summed E-state index contributed by atoms with van der Waals surface area (Å²) in [5.74, 6) is 0.837. The molecule has 6 heteroatoms. The molecule has 1 unspecified atom stereocenters. The molecule has 1 aliphatic heterocycles. The molecule has 1 atom stereocenters. The Bertz CT molecular complexity index is 1080. The molecule has 0 spiro atoms. The van der Waals surface area contributed by atoms with E-state index in [4.69, 9.17) is 13.9 Å². The van der Waals surface area contributed by atoms with Gasteiger partial charge in [0, 0.05) is 12.5 Å². The summed E-state index contributed by atoms with van der Waals surface area (Å²) in [5.41, 5.74) is 1.06. The van der Waals surface area contributed by atoms with Gasteiger partial charge >= 0.3 is 5.97 Å². The highest BCUT2D eigenvalue weighted by molar-refractivity contribution is 5.99. The Kier molecular flexibility index (Phi) is 6.44. The summed E-state index contributed by atoms with van der Waals surface area (Å²) in [6.45, 7) is 3.96. The number of carbonyl (C=O) groups excluding carboxylic acids is 2. The molecule has 0 saturated carbocycles. The van der Waals surface area contributed by atoms with Gasteiger partial charge in [0.25, 0.3) is 0 Å². The van der Waals surface area contributed by atoms with Crippen LogP contribution in [0.25, 0.3) is 11.0 Å². The van der Waals surface area contributed by atoms with Gasteiger partial charge in [-0.1, -0.05) is 24.3 Å². The molecule has 3 aromatic rings. The van der Waals surface area contributed by atoms with Gasteiger partial charge in [0.15, 0.2) is 11.2 Å². The van der Waals surface area contributed by atoms with E-state index in [2.05, 4.69) is 0 Å². The number of esters is 1. The van der Waals surface area contributed by atoms with E-state index in [1.807, 2.05) is 31.2 Å². The van der Waals surface area contributed by atoms with Crippen LogP contribution in [0.2, 0.25) is 0 Å². The van der Waals surface area contributed by atoms with E-state index in [9.17, 15) is 14.4 Å². The quantitative estimate of drug-likeness (QED) is 0.626. The fraction of sp³-hybridized carbons (Fsp3) is 0.261. The van der Waals surface area contributed by atoms with Gasteiger partial charge < -0.3 is 13.9 Å². The zero-order chi connectivity index (χ0) is 20.8. The Morgan fingerprint density at radius 3 is 2.62 bits per heavy atom. The lowest BCUT2D eigenvalue weighted by Gasteiger charge is -2.21. The van der Waals surface area contributed by atoms with Crippen molar-refractivity contribution in [2.24, 2.45) is 0 Å². The summed E-state index contributed by atoms with van der Waals surface area (Å²) >= 11 is 0. The summed E-state index contributed by atoms with van der Waals surface area (Å²) < 4.78 is 15.7. The lowest BCUT2D eigenvalue weighted by molar-refractivity contribution is -0.142. The summed E-state index contributed by atoms with van der Waals surface area (Å²) in [6, 6.07) is 15.6. The average molecular weight is 394 g/mol. The van der Waals surface area contributed by atoms with Crippen LogP contribution in [0.5, 0.6) is 5.75 Å². The Labute approximate surface area is 168 Å². The van der Waals surface area contributed by atoms with Crippen molar-refractivity contribution >= 4 is 22.7 Å². The van der Waals surface area contributed by atoms with Crippen LogP contribution < -0.4 is 10.2 Å². The predicted octanol–water partition coefficient (Wildman–Crippen LogP) is 3.94. The number of ether oxygens (including phenoxy) is 2. The second-order valence-corrected chi connectivity index (χ2v) is 6.61. The zero-order valence-electron chi connectivity index (χ0n) is 16.3. The third kappa shape index (κ3) is 5.10. The predicted molar refractivity (Wildman–Crippen MR) is 108 cm³/mol. The van der Waals surface area contributed by atoms with Crippen LogP contribution in [0.1, 0.15) is 36.4 Å². The smallest absolute Gasteiger partial charge is 0.313 e. The molecule has 29 heavy (non-hydrogen) atoms. The number of rotatable bonds is 3. The van der Waals surface area contributed by atoms with E-state index in [1.165, 1.54) is 6.07 Å². The Hall–Kier alpha value is -3.41. The summed E-state index contributed by atoms with van der Waals surface area (Å²) in [6.07, 6.45) is 0.498. The van der Waals surface area contributed by atoms with Crippen LogP contribution in [0, 0.1) is 0 Å². The Morgan fingerprint density at radius 2 is 1.83 bits per heavy atom. The Balaban J connectivity index is 0.000000176. The highest BCUT2D eigenvalue weighted by Gasteiger charge is 2.22. The third-order valence-electron chi connectivity index (χ3n) is 4.30. The molecule has 150 valence electrons. The molecule has 4 rings (SSSR count). The highest BCUT2D eigenvalue weighted by Crippen LogP contribution is 2.26. The lowest BCUT2D eigenvalue weighted by Crippen LogP contribution is -2.23. The first-order valence-corrected chi connectivity index (χ1v) is 9.44. The SMILES string of the molecule is CC1CC(=O)c2ccccc2O1.CCOC(=O)Cc1cc(=O)c2ccccc2o1. The van der Waals surface area contributed by atoms with Crippen molar-refractivity contribution in [1.29, 1.82) is 0 Å². The van der Waals surface area contributed by atoms with Gasteiger partial charge in [0.05, 0.1) is 17.6 Å². The molecular weight excluding hydrogens is 372 g/mol. The van der Waals surface area contributed by atoms with Crippen LogP contribution in [-0.2, 0) is 16.0 Å². The van der Waals surface area contributed by atoms with E-state index in [0.717, 1.165) is 11.3 Å². The standard InChI is InChI=1S/C13H12O4.C10H10O2/c1-2-16-13(15)8-9-7-11(14)10-5-3-4-6-12(10)17-9;1-7-6-9(11)8-4-2-3-5-10(8)12-7/h3-7H,2,8H2,1H3;2-5,7H,6H2,1H3. The van der Waals surface area contributed by atoms with Crippen molar-refractivity contribution in [2.45, 2.75) is 32.8 Å². The first kappa shape index (κ1) is 20.3. The van der Waals surface area contributed by atoms with E-state index in [0.29, 0.717) is 29.8 Å². The molecule has 1 aliphatic rings. The topological polar surface area (TPSA) is 82.8 Å². The molecule has 0 aliphatic carbocycles. The van der Waals surface area contributed by atoms with Gasteiger partial charge in [-0.05, 0) is 38.1 Å². The molecule has 0 amide bonds. The minimum atomic E-state index is -0.397. The van der Waals surface area contributed by atoms with E-state index >= 15 is 0 Å². The lowest BCUT2D eigenvalue weighted by atomic mass is 10.0. The molecule has 0 N–H and O–H groups in total. The molecule has 2 heterocycles. The average Bonchev–Trinajstić information content (AvgIpc) is 2.68. The Morgan fingerprint density at radius 1 is 1.10 bits per heavy atom. The molecule has 0 fully saturated rings. The highest BCUT2D eigenvalue weighted by atomic mass is 16.5. The van der Waals surface area contributed by atoms with Crippen LogP contribution in [-0.4, -0.2) is 24.5 Å². The van der Waals surface area contributed by atoms with Crippen molar-refractivity contribution in [1.82, 2.24) is 0 Å². The van der Waals surface area contributed by atoms with Gasteiger partial charge in [0.2, 0.25) is 0 Å². The van der Waals surface area contributed by atoms with Crippen molar-refractivity contribution in [3.63, 3.8) is 0 Å². The first-order chi connectivity index (χ1) is 14.0. The summed E-state index contributed by atoms with van der Waals surface area (Å²) in [4.78, 5) is 34.4. The minimum absolute atomic E-state index is 0.0199. The number of fused-ring (bicyclic) bond motifs is 2. The number of para-hydroxylation sites is 2.